The Morgan fingerprint density at radius 1 is 0.977 bits per heavy atom. The zero-order chi connectivity index (χ0) is 30.5. The molecule has 0 unspecified atom stereocenters. The topological polar surface area (TPSA) is 109 Å². The molecule has 0 bridgehead atoms. The van der Waals surface area contributed by atoms with Gasteiger partial charge in [-0.15, -0.1) is 0 Å². The molecule has 1 aromatic heterocycles. The highest BCUT2D eigenvalue weighted by molar-refractivity contribution is 8.00. The summed E-state index contributed by atoms with van der Waals surface area (Å²) >= 11 is 7.68. The summed E-state index contributed by atoms with van der Waals surface area (Å²) in [6, 6.07) is 17.4. The van der Waals surface area contributed by atoms with Gasteiger partial charge >= 0.3 is 11.0 Å². The maximum absolute atomic E-state index is 14.0. The first-order valence-electron chi connectivity index (χ1n) is 12.7. The number of thioether (sulfide) groups is 1. The van der Waals surface area contributed by atoms with Gasteiger partial charge in [0.05, 0.1) is 22.2 Å². The smallest absolute Gasteiger partial charge is 0.418 e. The standard InChI is InChI=1S/C29H19ClF3N3O5S2/c30-14-9-11-15(12-10-14)34-20(37)13-41-19-8-4-1-5-16(19)21-22-24(42-25-23(21)43-28(40)35-25)27(39)36(26(22)38)18-7-3-2-6-17(18)29(31,32)33/h1-12,21-22,24H,13H2,(H,34,37)(H,35,40)/t21-,22-,24+/m0/s1. The molecular weight excluding hydrogens is 627 g/mol. The molecule has 8 nitrogen and oxygen atoms in total. The van der Waals surface area contributed by atoms with E-state index in [1.165, 1.54) is 12.1 Å². The highest BCUT2D eigenvalue weighted by atomic mass is 35.5. The van der Waals surface area contributed by atoms with Crippen LogP contribution in [0.5, 0.6) is 5.75 Å². The molecule has 0 aliphatic carbocycles. The number of hydrogen-bond donors (Lipinski definition) is 2. The molecular formula is C29H19ClF3N3O5S2. The Balaban J connectivity index is 1.36. The van der Waals surface area contributed by atoms with Crippen molar-refractivity contribution < 1.29 is 32.3 Å². The number of ether oxygens (including phenoxy) is 1. The summed E-state index contributed by atoms with van der Waals surface area (Å²) in [7, 11) is 0. The van der Waals surface area contributed by atoms with Gasteiger partial charge in [-0.25, -0.2) is 4.90 Å². The highest BCUT2D eigenvalue weighted by Gasteiger charge is 2.57. The molecule has 6 rings (SSSR count). The van der Waals surface area contributed by atoms with E-state index in [0.717, 1.165) is 35.2 Å². The highest BCUT2D eigenvalue weighted by Crippen LogP contribution is 2.55. The molecule has 2 N–H and O–H groups in total. The molecule has 3 amide bonds. The normalized spacial score (nSPS) is 19.6. The van der Waals surface area contributed by atoms with Crippen molar-refractivity contribution in [3.05, 3.63) is 103 Å². The van der Waals surface area contributed by atoms with Gasteiger partial charge in [0.25, 0.3) is 5.91 Å². The number of nitrogens with one attached hydrogen (secondary N) is 2. The molecule has 2 aliphatic heterocycles. The van der Waals surface area contributed by atoms with Crippen LogP contribution in [0.25, 0.3) is 0 Å². The molecule has 220 valence electrons. The summed E-state index contributed by atoms with van der Waals surface area (Å²) in [5, 5.41) is 2.42. The van der Waals surface area contributed by atoms with Crippen LogP contribution < -0.4 is 19.8 Å². The second-order valence-corrected chi connectivity index (χ2v) is 12.3. The number of H-pyrrole nitrogens is 1. The van der Waals surface area contributed by atoms with Gasteiger partial charge in [0.15, 0.2) is 6.61 Å². The van der Waals surface area contributed by atoms with Crippen LogP contribution in [0.4, 0.5) is 24.5 Å². The van der Waals surface area contributed by atoms with Crippen molar-refractivity contribution in [3.63, 3.8) is 0 Å². The van der Waals surface area contributed by atoms with E-state index in [1.54, 1.807) is 48.5 Å². The minimum Gasteiger partial charge on any atom is -0.483 e. The van der Waals surface area contributed by atoms with Crippen molar-refractivity contribution in [1.82, 2.24) is 4.98 Å². The van der Waals surface area contributed by atoms with Crippen LogP contribution in [-0.2, 0) is 20.6 Å². The number of para-hydroxylation sites is 2. The third kappa shape index (κ3) is 5.43. The molecule has 0 spiro atoms. The zero-order valence-corrected chi connectivity index (χ0v) is 24.1. The molecule has 1 fully saturated rings. The molecule has 3 atom stereocenters. The molecule has 43 heavy (non-hydrogen) atoms. The fourth-order valence-corrected chi connectivity index (χ4v) is 7.87. The van der Waals surface area contributed by atoms with Gasteiger partial charge in [0, 0.05) is 27.1 Å². The number of aromatic amines is 1. The predicted octanol–water partition coefficient (Wildman–Crippen LogP) is 5.92. The fraction of sp³-hybridized carbons (Fsp3) is 0.172. The maximum Gasteiger partial charge on any atom is 0.418 e. The van der Waals surface area contributed by atoms with E-state index in [9.17, 15) is 32.3 Å². The number of hydrogen-bond acceptors (Lipinski definition) is 7. The summed E-state index contributed by atoms with van der Waals surface area (Å²) in [6.45, 7) is -0.413. The Kier molecular flexibility index (Phi) is 7.57. The lowest BCUT2D eigenvalue weighted by Gasteiger charge is -2.30. The van der Waals surface area contributed by atoms with E-state index in [4.69, 9.17) is 16.3 Å². The lowest BCUT2D eigenvalue weighted by molar-refractivity contribution is -0.137. The number of nitrogens with zero attached hydrogens (tertiary/aromatic N) is 1. The Bertz CT molecular complexity index is 1810. The summed E-state index contributed by atoms with van der Waals surface area (Å²) in [5.41, 5.74) is -0.773. The Morgan fingerprint density at radius 2 is 1.67 bits per heavy atom. The van der Waals surface area contributed by atoms with Gasteiger partial charge in [-0.1, -0.05) is 65.0 Å². The summed E-state index contributed by atoms with van der Waals surface area (Å²) in [6.07, 6.45) is -4.81. The van der Waals surface area contributed by atoms with Crippen molar-refractivity contribution in [2.75, 3.05) is 16.8 Å². The number of alkyl halides is 3. The fourth-order valence-electron chi connectivity index (χ4n) is 5.24. The Morgan fingerprint density at radius 3 is 2.42 bits per heavy atom. The van der Waals surface area contributed by atoms with Crippen LogP contribution in [0.2, 0.25) is 5.02 Å². The molecule has 0 radical (unpaired) electrons. The molecule has 2 aliphatic rings. The lowest BCUT2D eigenvalue weighted by atomic mass is 9.82. The number of carbonyl (C=O) groups excluding carboxylic acids is 3. The third-order valence-corrected chi connectivity index (χ3v) is 9.67. The summed E-state index contributed by atoms with van der Waals surface area (Å²) < 4.78 is 47.5. The second kappa shape index (κ2) is 11.2. The molecule has 3 heterocycles. The van der Waals surface area contributed by atoms with Crippen LogP contribution in [-0.4, -0.2) is 34.6 Å². The van der Waals surface area contributed by atoms with E-state index < -0.39 is 63.7 Å². The monoisotopic (exact) mass is 645 g/mol. The number of halogens is 4. The average molecular weight is 646 g/mol. The van der Waals surface area contributed by atoms with Gasteiger partial charge < -0.3 is 15.0 Å². The van der Waals surface area contributed by atoms with Crippen LogP contribution in [0.15, 0.2) is 82.6 Å². The van der Waals surface area contributed by atoms with Gasteiger partial charge in [0.2, 0.25) is 11.8 Å². The lowest BCUT2D eigenvalue weighted by Crippen LogP contribution is -2.33. The number of carbonyl (C=O) groups is 3. The molecule has 14 heteroatoms. The second-order valence-electron chi connectivity index (χ2n) is 9.66. The van der Waals surface area contributed by atoms with Crippen molar-refractivity contribution in [2.24, 2.45) is 5.92 Å². The van der Waals surface area contributed by atoms with Crippen LogP contribution in [0.3, 0.4) is 0 Å². The van der Waals surface area contributed by atoms with Crippen molar-refractivity contribution in [3.8, 4) is 5.75 Å². The van der Waals surface area contributed by atoms with Gasteiger partial charge in [-0.3, -0.25) is 19.2 Å². The van der Waals surface area contributed by atoms with Gasteiger partial charge in [-0.05, 0) is 42.5 Å². The number of amides is 3. The van der Waals surface area contributed by atoms with Crippen LogP contribution in [0.1, 0.15) is 21.9 Å². The zero-order valence-electron chi connectivity index (χ0n) is 21.7. The minimum absolute atomic E-state index is 0.214. The van der Waals surface area contributed by atoms with Gasteiger partial charge in [0.1, 0.15) is 11.0 Å². The largest absolute Gasteiger partial charge is 0.483 e. The average Bonchev–Trinajstić information content (AvgIpc) is 3.47. The van der Waals surface area contributed by atoms with Crippen molar-refractivity contribution in [2.45, 2.75) is 22.4 Å². The van der Waals surface area contributed by atoms with Crippen LogP contribution >= 0.6 is 34.7 Å². The molecule has 3 aromatic carbocycles. The number of thiazole rings is 1. The van der Waals surface area contributed by atoms with Crippen molar-refractivity contribution in [1.29, 1.82) is 0 Å². The van der Waals surface area contributed by atoms with E-state index in [2.05, 4.69) is 10.3 Å². The molecule has 0 saturated carbocycles. The van der Waals surface area contributed by atoms with E-state index in [-0.39, 0.29) is 5.75 Å². The number of anilines is 2. The SMILES string of the molecule is O=C(COc1ccccc1[C@@H]1c2sc(=O)[nH]c2S[C@H]2C(=O)N(c3ccccc3C(F)(F)F)C(=O)[C@@H]12)Nc1ccc(Cl)cc1. The number of benzene rings is 3. The number of rotatable bonds is 6. The van der Waals surface area contributed by atoms with Gasteiger partial charge in [-0.2, -0.15) is 13.2 Å². The summed E-state index contributed by atoms with van der Waals surface area (Å²) in [5.74, 6) is -3.98. The van der Waals surface area contributed by atoms with Crippen molar-refractivity contribution >= 4 is 63.8 Å². The predicted molar refractivity (Wildman–Crippen MR) is 156 cm³/mol. The first-order valence-corrected chi connectivity index (χ1v) is 14.8. The van der Waals surface area contributed by atoms with E-state index in [1.807, 2.05) is 0 Å². The minimum atomic E-state index is -4.81. The summed E-state index contributed by atoms with van der Waals surface area (Å²) in [4.78, 5) is 56.0. The maximum atomic E-state index is 14.0. The molecule has 1 saturated heterocycles. The van der Waals surface area contributed by atoms with E-state index >= 15 is 0 Å². The quantitative estimate of drug-likeness (QED) is 0.252. The Hall–Kier alpha value is -4.07. The first kappa shape index (κ1) is 29.0. The molecule has 4 aromatic rings. The van der Waals surface area contributed by atoms with E-state index in [0.29, 0.717) is 31.1 Å². The van der Waals surface area contributed by atoms with Crippen LogP contribution in [0, 0.1) is 5.92 Å². The first-order chi connectivity index (χ1) is 20.5. The number of aromatic nitrogens is 1. The Labute approximate surface area is 254 Å². The third-order valence-electron chi connectivity index (χ3n) is 7.02. The number of fused-ring (bicyclic) bond motifs is 2. The number of imide groups is 1.